The van der Waals surface area contributed by atoms with E-state index in [2.05, 4.69) is 52.3 Å². The smallest absolute Gasteiger partial charge is 0.246 e. The van der Waals surface area contributed by atoms with Gasteiger partial charge in [-0.05, 0) is 55.0 Å². The second kappa shape index (κ2) is 7.06. The summed E-state index contributed by atoms with van der Waals surface area (Å²) in [5.74, 6) is 0.714. The number of aromatic nitrogens is 1. The van der Waals surface area contributed by atoms with Gasteiger partial charge < -0.3 is 14.7 Å². The highest BCUT2D eigenvalue weighted by molar-refractivity contribution is 7.13. The van der Waals surface area contributed by atoms with Crippen LogP contribution in [0.15, 0.2) is 42.5 Å². The van der Waals surface area contributed by atoms with E-state index >= 15 is 0 Å². The number of amides is 1. The van der Waals surface area contributed by atoms with E-state index < -0.39 is 0 Å². The predicted molar refractivity (Wildman–Crippen MR) is 123 cm³/mol. The Morgan fingerprint density at radius 3 is 3.00 bits per heavy atom. The maximum atomic E-state index is 12.5. The van der Waals surface area contributed by atoms with E-state index in [0.29, 0.717) is 18.5 Å². The largest absolute Gasteiger partial charge is 0.357 e. The lowest BCUT2D eigenvalue weighted by Crippen LogP contribution is -2.51. The Morgan fingerprint density at radius 1 is 1.17 bits per heavy atom. The van der Waals surface area contributed by atoms with Crippen molar-refractivity contribution in [2.45, 2.75) is 31.2 Å². The molecule has 4 heterocycles. The Balaban J connectivity index is 1.16. The zero-order chi connectivity index (χ0) is 20.2. The average molecular weight is 419 g/mol. The predicted octanol–water partition coefficient (Wildman–Crippen LogP) is 3.88. The first kappa shape index (κ1) is 18.3. The number of nitrogens with zero attached hydrogens (tertiary/aromatic N) is 4. The molecule has 1 amide bonds. The van der Waals surface area contributed by atoms with Crippen LogP contribution in [0.2, 0.25) is 0 Å². The molecule has 6 rings (SSSR count). The fourth-order valence-electron chi connectivity index (χ4n) is 5.66. The summed E-state index contributed by atoms with van der Waals surface area (Å²) in [5, 5.41) is 1.32. The van der Waals surface area contributed by atoms with Gasteiger partial charge in [-0.3, -0.25) is 4.79 Å². The summed E-state index contributed by atoms with van der Waals surface area (Å²) in [5.41, 5.74) is 5.08. The van der Waals surface area contributed by atoms with Gasteiger partial charge >= 0.3 is 0 Å². The van der Waals surface area contributed by atoms with Crippen molar-refractivity contribution in [2.75, 3.05) is 43.0 Å². The Morgan fingerprint density at radius 2 is 2.07 bits per heavy atom. The SMILES string of the molecule is CN1C(=O)CN2c3c(cccc31)[C@@H]1CN(CCCc3nsc4ccccc34)CC[C@@H]12. The number of carbonyl (C=O) groups is 1. The van der Waals surface area contributed by atoms with E-state index in [0.717, 1.165) is 44.6 Å². The number of carbonyl (C=O) groups excluding carboxylic acids is 1. The second-order valence-electron chi connectivity index (χ2n) is 8.79. The van der Waals surface area contributed by atoms with Gasteiger partial charge in [0.05, 0.1) is 28.3 Å². The highest BCUT2D eigenvalue weighted by atomic mass is 32.1. The number of aryl methyl sites for hydroxylation is 1. The zero-order valence-corrected chi connectivity index (χ0v) is 18.1. The molecule has 6 heteroatoms. The minimum atomic E-state index is 0.207. The van der Waals surface area contributed by atoms with Crippen LogP contribution in [-0.4, -0.2) is 54.4 Å². The van der Waals surface area contributed by atoms with Gasteiger partial charge in [0, 0.05) is 37.5 Å². The molecule has 0 aliphatic carbocycles. The van der Waals surface area contributed by atoms with Crippen molar-refractivity contribution in [2.24, 2.45) is 0 Å². The van der Waals surface area contributed by atoms with Crippen molar-refractivity contribution >= 4 is 38.9 Å². The Labute approximate surface area is 181 Å². The first-order chi connectivity index (χ1) is 14.7. The van der Waals surface area contributed by atoms with Crippen LogP contribution >= 0.6 is 11.5 Å². The number of fused-ring (bicyclic) bond motifs is 4. The third kappa shape index (κ3) is 2.77. The van der Waals surface area contributed by atoms with Gasteiger partial charge in [-0.2, -0.15) is 4.37 Å². The van der Waals surface area contributed by atoms with Gasteiger partial charge in [-0.25, -0.2) is 0 Å². The average Bonchev–Trinajstić information content (AvgIpc) is 3.32. The number of hydrogen-bond donors (Lipinski definition) is 0. The number of rotatable bonds is 4. The fraction of sp³-hybridized carbons (Fsp3) is 0.417. The molecule has 0 N–H and O–H groups in total. The summed E-state index contributed by atoms with van der Waals surface area (Å²) in [6.07, 6.45) is 3.32. The summed E-state index contributed by atoms with van der Waals surface area (Å²) in [6, 6.07) is 15.5. The highest BCUT2D eigenvalue weighted by Gasteiger charge is 2.46. The minimum Gasteiger partial charge on any atom is -0.357 e. The number of hydrogen-bond acceptors (Lipinski definition) is 5. The van der Waals surface area contributed by atoms with E-state index in [4.69, 9.17) is 4.37 Å². The zero-order valence-electron chi connectivity index (χ0n) is 17.3. The van der Waals surface area contributed by atoms with Gasteiger partial charge in [0.1, 0.15) is 0 Å². The van der Waals surface area contributed by atoms with Crippen molar-refractivity contribution in [3.63, 3.8) is 0 Å². The minimum absolute atomic E-state index is 0.207. The van der Waals surface area contributed by atoms with Crippen LogP contribution < -0.4 is 9.80 Å². The molecule has 0 spiro atoms. The molecule has 30 heavy (non-hydrogen) atoms. The number of likely N-dealkylation sites (tertiary alicyclic amines) is 1. The third-order valence-corrected chi connectivity index (χ3v) is 8.04. The van der Waals surface area contributed by atoms with Crippen LogP contribution in [0.1, 0.15) is 30.0 Å². The Bertz CT molecular complexity index is 1130. The molecule has 3 aromatic rings. The molecule has 154 valence electrons. The third-order valence-electron chi connectivity index (χ3n) is 7.17. The van der Waals surface area contributed by atoms with Gasteiger partial charge in [-0.1, -0.05) is 30.3 Å². The Hall–Kier alpha value is -2.44. The lowest BCUT2D eigenvalue weighted by molar-refractivity contribution is -0.117. The van der Waals surface area contributed by atoms with Crippen LogP contribution in [-0.2, 0) is 11.2 Å². The summed E-state index contributed by atoms with van der Waals surface area (Å²) >= 11 is 1.61. The maximum Gasteiger partial charge on any atom is 0.246 e. The fourth-order valence-corrected chi connectivity index (χ4v) is 6.48. The lowest BCUT2D eigenvalue weighted by atomic mass is 9.89. The molecular weight excluding hydrogens is 392 g/mol. The molecule has 2 atom stereocenters. The number of piperidine rings is 1. The number of benzene rings is 2. The monoisotopic (exact) mass is 418 g/mol. The van der Waals surface area contributed by atoms with Crippen LogP contribution in [0.25, 0.3) is 10.1 Å². The van der Waals surface area contributed by atoms with Crippen molar-refractivity contribution in [3.05, 3.63) is 53.7 Å². The molecular formula is C24H26N4OS. The first-order valence-corrected chi connectivity index (χ1v) is 11.7. The molecule has 3 aliphatic rings. The number of anilines is 2. The van der Waals surface area contributed by atoms with Crippen molar-refractivity contribution in [1.82, 2.24) is 9.27 Å². The molecule has 3 aliphatic heterocycles. The lowest BCUT2D eigenvalue weighted by Gasteiger charge is -2.40. The van der Waals surface area contributed by atoms with Gasteiger partial charge in [0.2, 0.25) is 5.91 Å². The van der Waals surface area contributed by atoms with Gasteiger partial charge in [-0.15, -0.1) is 0 Å². The second-order valence-corrected chi connectivity index (χ2v) is 9.59. The number of likely N-dealkylation sites (N-methyl/N-ethyl adjacent to an activating group) is 1. The van der Waals surface area contributed by atoms with Crippen molar-refractivity contribution < 1.29 is 4.79 Å². The Kier molecular flexibility index (Phi) is 4.32. The maximum absolute atomic E-state index is 12.5. The van der Waals surface area contributed by atoms with Gasteiger partial charge in [0.15, 0.2) is 0 Å². The molecule has 0 bridgehead atoms. The first-order valence-electron chi connectivity index (χ1n) is 10.9. The van der Waals surface area contributed by atoms with E-state index in [-0.39, 0.29) is 5.91 Å². The molecule has 1 fully saturated rings. The molecule has 1 saturated heterocycles. The molecule has 1 aromatic heterocycles. The summed E-state index contributed by atoms with van der Waals surface area (Å²) < 4.78 is 5.98. The standard InChI is InChI=1S/C24H26N4OS/c1-26-21-9-4-7-16-18-14-27(13-11-20(18)28(24(16)21)15-23(26)29)12-5-8-19-17-6-2-3-10-22(17)30-25-19/h2-4,6-7,9-10,18,20H,5,8,11-15H2,1H3/t18-,20-/m0/s1. The van der Waals surface area contributed by atoms with Crippen molar-refractivity contribution in [1.29, 1.82) is 0 Å². The van der Waals surface area contributed by atoms with E-state index in [1.165, 1.54) is 27.0 Å². The van der Waals surface area contributed by atoms with E-state index in [9.17, 15) is 4.79 Å². The van der Waals surface area contributed by atoms with Crippen molar-refractivity contribution in [3.8, 4) is 0 Å². The molecule has 5 nitrogen and oxygen atoms in total. The van der Waals surface area contributed by atoms with Crippen LogP contribution in [0.4, 0.5) is 11.4 Å². The topological polar surface area (TPSA) is 39.7 Å². The van der Waals surface area contributed by atoms with Gasteiger partial charge in [0.25, 0.3) is 0 Å². The van der Waals surface area contributed by atoms with Crippen LogP contribution in [0, 0.1) is 0 Å². The molecule has 0 unspecified atom stereocenters. The highest BCUT2D eigenvalue weighted by Crippen LogP contribution is 2.50. The quantitative estimate of drug-likeness (QED) is 0.645. The number of para-hydroxylation sites is 1. The molecule has 0 radical (unpaired) electrons. The normalized spacial score (nSPS) is 23.2. The molecule has 0 saturated carbocycles. The summed E-state index contributed by atoms with van der Waals surface area (Å²) in [6.45, 7) is 3.84. The van der Waals surface area contributed by atoms with Crippen LogP contribution in [0.5, 0.6) is 0 Å². The summed E-state index contributed by atoms with van der Waals surface area (Å²) in [7, 11) is 1.91. The molecule has 2 aromatic carbocycles. The summed E-state index contributed by atoms with van der Waals surface area (Å²) in [4.78, 5) is 19.4. The van der Waals surface area contributed by atoms with Crippen LogP contribution in [0.3, 0.4) is 0 Å². The van der Waals surface area contributed by atoms with E-state index in [1.54, 1.807) is 11.5 Å². The van der Waals surface area contributed by atoms with E-state index in [1.807, 2.05) is 11.9 Å².